The highest BCUT2D eigenvalue weighted by Crippen LogP contribution is 2.19. The van der Waals surface area contributed by atoms with Gasteiger partial charge in [-0.05, 0) is 35.9 Å². The summed E-state index contributed by atoms with van der Waals surface area (Å²) in [4.78, 5) is 18.5. The fourth-order valence-corrected chi connectivity index (χ4v) is 2.88. The van der Waals surface area contributed by atoms with Gasteiger partial charge >= 0.3 is 6.03 Å². The van der Waals surface area contributed by atoms with E-state index in [4.69, 9.17) is 10.00 Å². The van der Waals surface area contributed by atoms with Crippen molar-refractivity contribution in [2.45, 2.75) is 13.2 Å². The van der Waals surface area contributed by atoms with Gasteiger partial charge in [0.1, 0.15) is 18.2 Å². The van der Waals surface area contributed by atoms with Gasteiger partial charge in [-0.15, -0.1) is 0 Å². The van der Waals surface area contributed by atoms with Gasteiger partial charge in [-0.3, -0.25) is 0 Å². The minimum Gasteiger partial charge on any atom is -0.489 e. The maximum Gasteiger partial charge on any atom is 0.319 e. The molecule has 0 unspecified atom stereocenters. The second-order valence-corrected chi connectivity index (χ2v) is 6.82. The van der Waals surface area contributed by atoms with Gasteiger partial charge in [-0.2, -0.15) is 5.26 Å². The van der Waals surface area contributed by atoms with E-state index in [1.54, 1.807) is 30.5 Å². The Bertz CT molecular complexity index is 1060. The Morgan fingerprint density at radius 3 is 2.77 bits per heavy atom. The Hall–Kier alpha value is -4.05. The predicted octanol–water partition coefficient (Wildman–Crippen LogP) is 3.92. The second-order valence-electron chi connectivity index (χ2n) is 6.82. The van der Waals surface area contributed by atoms with E-state index in [1.807, 2.05) is 55.4 Å². The van der Waals surface area contributed by atoms with Gasteiger partial charge in [0.2, 0.25) is 0 Å². The van der Waals surface area contributed by atoms with Crippen LogP contribution in [0.3, 0.4) is 0 Å². The molecule has 0 saturated heterocycles. The number of amides is 2. The first kappa shape index (κ1) is 20.7. The summed E-state index contributed by atoms with van der Waals surface area (Å²) in [5.41, 5.74) is 3.04. The van der Waals surface area contributed by atoms with Crippen molar-refractivity contribution in [3.63, 3.8) is 0 Å². The van der Waals surface area contributed by atoms with E-state index < -0.39 is 0 Å². The number of urea groups is 1. The summed E-state index contributed by atoms with van der Waals surface area (Å²) < 4.78 is 5.79. The van der Waals surface area contributed by atoms with Crippen LogP contribution < -0.4 is 20.3 Å². The van der Waals surface area contributed by atoms with Gasteiger partial charge < -0.3 is 20.3 Å². The number of nitrogens with zero attached hydrogens (tertiary/aromatic N) is 3. The van der Waals surface area contributed by atoms with Crippen LogP contribution in [0.5, 0.6) is 5.75 Å². The highest BCUT2D eigenvalue weighted by atomic mass is 16.5. The lowest BCUT2D eigenvalue weighted by atomic mass is 10.1. The normalized spacial score (nSPS) is 10.0. The van der Waals surface area contributed by atoms with Crippen LogP contribution in [0.15, 0.2) is 66.9 Å². The first-order valence-electron chi connectivity index (χ1n) is 9.43. The molecular formula is C23H23N5O2. The average Bonchev–Trinajstić information content (AvgIpc) is 2.77. The van der Waals surface area contributed by atoms with Crippen LogP contribution in [0.4, 0.5) is 16.3 Å². The molecule has 7 nitrogen and oxygen atoms in total. The van der Waals surface area contributed by atoms with Crippen molar-refractivity contribution in [3.8, 4) is 11.8 Å². The summed E-state index contributed by atoms with van der Waals surface area (Å²) in [5.74, 6) is 1.44. The molecule has 0 fully saturated rings. The first-order chi connectivity index (χ1) is 14.5. The molecule has 30 heavy (non-hydrogen) atoms. The lowest BCUT2D eigenvalue weighted by molar-refractivity contribution is 0.251. The molecule has 3 aromatic rings. The molecule has 0 aliphatic carbocycles. The number of nitrogens with one attached hydrogen (secondary N) is 2. The summed E-state index contributed by atoms with van der Waals surface area (Å²) in [7, 11) is 3.82. The van der Waals surface area contributed by atoms with Crippen molar-refractivity contribution < 1.29 is 9.53 Å². The van der Waals surface area contributed by atoms with Crippen molar-refractivity contribution in [2.24, 2.45) is 0 Å². The molecule has 0 radical (unpaired) electrons. The number of hydrogen-bond acceptors (Lipinski definition) is 5. The number of anilines is 2. The van der Waals surface area contributed by atoms with Crippen LogP contribution in [-0.2, 0) is 13.2 Å². The molecule has 0 saturated carbocycles. The molecular weight excluding hydrogens is 378 g/mol. The minimum absolute atomic E-state index is 0.317. The minimum atomic E-state index is -0.317. The molecule has 0 atom stereocenters. The fourth-order valence-electron chi connectivity index (χ4n) is 2.88. The van der Waals surface area contributed by atoms with Crippen molar-refractivity contribution in [3.05, 3.63) is 83.6 Å². The highest BCUT2D eigenvalue weighted by Gasteiger charge is 2.08. The van der Waals surface area contributed by atoms with Gasteiger partial charge in [-0.25, -0.2) is 9.78 Å². The zero-order valence-corrected chi connectivity index (χ0v) is 16.9. The van der Waals surface area contributed by atoms with Gasteiger partial charge in [0.25, 0.3) is 0 Å². The lowest BCUT2D eigenvalue weighted by Gasteiger charge is -2.16. The summed E-state index contributed by atoms with van der Waals surface area (Å²) >= 11 is 0. The molecule has 1 heterocycles. The number of ether oxygens (including phenoxy) is 1. The third-order valence-corrected chi connectivity index (χ3v) is 4.28. The van der Waals surface area contributed by atoms with Gasteiger partial charge in [-0.1, -0.05) is 24.3 Å². The molecule has 3 rings (SSSR count). The Morgan fingerprint density at radius 1 is 1.13 bits per heavy atom. The van der Waals surface area contributed by atoms with E-state index in [0.717, 1.165) is 16.9 Å². The van der Waals surface area contributed by atoms with Crippen LogP contribution in [0, 0.1) is 11.3 Å². The molecule has 2 N–H and O–H groups in total. The zero-order chi connectivity index (χ0) is 21.3. The number of aromatic nitrogens is 1. The number of carbonyl (C=O) groups is 1. The Morgan fingerprint density at radius 2 is 1.97 bits per heavy atom. The SMILES string of the molecule is CN(C)c1ncccc1CNC(=O)Nc1cccc(OCc2cccc(C#N)c2)c1. The maximum absolute atomic E-state index is 12.3. The van der Waals surface area contributed by atoms with Gasteiger partial charge in [0.05, 0.1) is 11.6 Å². The van der Waals surface area contributed by atoms with E-state index >= 15 is 0 Å². The van der Waals surface area contributed by atoms with Gasteiger partial charge in [0, 0.05) is 44.2 Å². The second kappa shape index (κ2) is 9.94. The van der Waals surface area contributed by atoms with E-state index in [-0.39, 0.29) is 6.03 Å². The Kier molecular flexibility index (Phi) is 6.85. The molecule has 0 aliphatic heterocycles. The van der Waals surface area contributed by atoms with Crippen LogP contribution in [0.25, 0.3) is 0 Å². The number of rotatable bonds is 7. The third kappa shape index (κ3) is 5.72. The maximum atomic E-state index is 12.3. The van der Waals surface area contributed by atoms with E-state index in [9.17, 15) is 4.79 Å². The molecule has 0 aliphatic rings. The summed E-state index contributed by atoms with van der Waals surface area (Å²) in [6, 6.07) is 20.0. The van der Waals surface area contributed by atoms with E-state index in [0.29, 0.717) is 30.2 Å². The fraction of sp³-hybridized carbons (Fsp3) is 0.174. The lowest BCUT2D eigenvalue weighted by Crippen LogP contribution is -2.29. The van der Waals surface area contributed by atoms with Crippen molar-refractivity contribution in [2.75, 3.05) is 24.3 Å². The standard InChI is InChI=1S/C23H23N5O2/c1-28(2)22-19(8-5-11-25-22)15-26-23(29)27-20-9-4-10-21(13-20)30-16-18-7-3-6-17(12-18)14-24/h3-13H,15-16H2,1-2H3,(H2,26,27,29). The molecule has 0 spiro atoms. The predicted molar refractivity (Wildman–Crippen MR) is 116 cm³/mol. The summed E-state index contributed by atoms with van der Waals surface area (Å²) in [5, 5.41) is 14.6. The number of benzene rings is 2. The molecule has 2 amide bonds. The smallest absolute Gasteiger partial charge is 0.319 e. The third-order valence-electron chi connectivity index (χ3n) is 4.28. The van der Waals surface area contributed by atoms with Crippen LogP contribution >= 0.6 is 0 Å². The van der Waals surface area contributed by atoms with E-state index in [1.165, 1.54) is 0 Å². The number of carbonyl (C=O) groups excluding carboxylic acids is 1. The van der Waals surface area contributed by atoms with Crippen molar-refractivity contribution in [1.29, 1.82) is 5.26 Å². The Labute approximate surface area is 175 Å². The molecule has 1 aromatic heterocycles. The summed E-state index contributed by atoms with van der Waals surface area (Å²) in [6.07, 6.45) is 1.72. The topological polar surface area (TPSA) is 90.3 Å². The molecule has 7 heteroatoms. The summed E-state index contributed by atoms with van der Waals surface area (Å²) in [6.45, 7) is 0.693. The quantitative estimate of drug-likeness (QED) is 0.626. The highest BCUT2D eigenvalue weighted by molar-refractivity contribution is 5.89. The Balaban J connectivity index is 1.56. The first-order valence-corrected chi connectivity index (χ1v) is 9.43. The monoisotopic (exact) mass is 401 g/mol. The van der Waals surface area contributed by atoms with Crippen LogP contribution in [0.1, 0.15) is 16.7 Å². The van der Waals surface area contributed by atoms with Crippen LogP contribution in [0.2, 0.25) is 0 Å². The molecule has 0 bridgehead atoms. The van der Waals surface area contributed by atoms with E-state index in [2.05, 4.69) is 21.7 Å². The zero-order valence-electron chi connectivity index (χ0n) is 16.9. The average molecular weight is 401 g/mol. The largest absolute Gasteiger partial charge is 0.489 e. The van der Waals surface area contributed by atoms with Crippen molar-refractivity contribution >= 4 is 17.5 Å². The van der Waals surface area contributed by atoms with Crippen LogP contribution in [-0.4, -0.2) is 25.1 Å². The molecule has 152 valence electrons. The van der Waals surface area contributed by atoms with Crippen molar-refractivity contribution in [1.82, 2.24) is 10.3 Å². The number of hydrogen-bond donors (Lipinski definition) is 2. The number of nitriles is 1. The number of pyridine rings is 1. The van der Waals surface area contributed by atoms with Gasteiger partial charge in [0.15, 0.2) is 0 Å². The molecule has 2 aromatic carbocycles.